The minimum Gasteiger partial charge on any atom is -0.395 e. The highest BCUT2D eigenvalue weighted by Crippen LogP contribution is 2.18. The maximum absolute atomic E-state index is 8.86. The standard InChI is InChI=1S/C11H21NO2/c13-8-6-12(7-9-14)10-11-4-2-1-3-5-11/h1-2,11,13-14H,3-10H2/t11-/m1/s1. The lowest BCUT2D eigenvalue weighted by atomic mass is 9.94. The van der Waals surface area contributed by atoms with Crippen molar-refractivity contribution in [2.75, 3.05) is 32.8 Å². The third kappa shape index (κ3) is 4.22. The van der Waals surface area contributed by atoms with Gasteiger partial charge in [0, 0.05) is 19.6 Å². The van der Waals surface area contributed by atoms with E-state index in [-0.39, 0.29) is 13.2 Å². The van der Waals surface area contributed by atoms with Gasteiger partial charge in [-0.1, -0.05) is 12.2 Å². The molecule has 0 radical (unpaired) electrons. The van der Waals surface area contributed by atoms with E-state index in [1.807, 2.05) is 0 Å². The number of nitrogens with zero attached hydrogens (tertiary/aromatic N) is 1. The number of hydrogen-bond acceptors (Lipinski definition) is 3. The molecular formula is C11H21NO2. The zero-order chi connectivity index (χ0) is 10.2. The predicted octanol–water partition coefficient (Wildman–Crippen LogP) is 0.629. The fourth-order valence-electron chi connectivity index (χ4n) is 1.96. The van der Waals surface area contributed by atoms with Crippen molar-refractivity contribution >= 4 is 0 Å². The first-order valence-electron chi connectivity index (χ1n) is 5.46. The van der Waals surface area contributed by atoms with Crippen LogP contribution < -0.4 is 0 Å². The molecule has 14 heavy (non-hydrogen) atoms. The molecule has 0 saturated heterocycles. The van der Waals surface area contributed by atoms with Gasteiger partial charge in [-0.25, -0.2) is 0 Å². The SMILES string of the molecule is OCCN(CCO)C[C@@H]1CC=CCC1. The van der Waals surface area contributed by atoms with E-state index < -0.39 is 0 Å². The van der Waals surface area contributed by atoms with E-state index in [0.29, 0.717) is 19.0 Å². The summed E-state index contributed by atoms with van der Waals surface area (Å²) in [4.78, 5) is 2.14. The Morgan fingerprint density at radius 2 is 1.86 bits per heavy atom. The van der Waals surface area contributed by atoms with Crippen molar-refractivity contribution in [3.8, 4) is 0 Å². The second kappa shape index (κ2) is 6.98. The molecule has 0 aliphatic heterocycles. The molecule has 0 saturated carbocycles. The number of rotatable bonds is 6. The molecule has 0 fully saturated rings. The number of hydrogen-bond donors (Lipinski definition) is 2. The van der Waals surface area contributed by atoms with Crippen LogP contribution >= 0.6 is 0 Å². The molecule has 0 aromatic rings. The normalized spacial score (nSPS) is 21.8. The summed E-state index contributed by atoms with van der Waals surface area (Å²) in [6.07, 6.45) is 8.04. The lowest BCUT2D eigenvalue weighted by Crippen LogP contribution is -2.34. The predicted molar refractivity (Wildman–Crippen MR) is 57.1 cm³/mol. The van der Waals surface area contributed by atoms with Crippen LogP contribution in [0.15, 0.2) is 12.2 Å². The molecule has 1 aliphatic carbocycles. The van der Waals surface area contributed by atoms with Gasteiger partial charge in [-0.3, -0.25) is 4.90 Å². The van der Waals surface area contributed by atoms with Crippen molar-refractivity contribution in [3.63, 3.8) is 0 Å². The summed E-state index contributed by atoms with van der Waals surface area (Å²) < 4.78 is 0. The fraction of sp³-hybridized carbons (Fsp3) is 0.818. The molecule has 3 heteroatoms. The zero-order valence-corrected chi connectivity index (χ0v) is 8.73. The second-order valence-corrected chi connectivity index (χ2v) is 3.90. The maximum Gasteiger partial charge on any atom is 0.0558 e. The first-order chi connectivity index (χ1) is 6.86. The van der Waals surface area contributed by atoms with Gasteiger partial charge in [0.1, 0.15) is 0 Å². The summed E-state index contributed by atoms with van der Waals surface area (Å²) >= 11 is 0. The van der Waals surface area contributed by atoms with Crippen molar-refractivity contribution in [3.05, 3.63) is 12.2 Å². The Hall–Kier alpha value is -0.380. The van der Waals surface area contributed by atoms with Gasteiger partial charge in [0.25, 0.3) is 0 Å². The lowest BCUT2D eigenvalue weighted by molar-refractivity contribution is 0.142. The summed E-state index contributed by atoms with van der Waals surface area (Å²) in [5.41, 5.74) is 0. The van der Waals surface area contributed by atoms with Crippen LogP contribution in [0.4, 0.5) is 0 Å². The average Bonchev–Trinajstić information content (AvgIpc) is 2.20. The van der Waals surface area contributed by atoms with Gasteiger partial charge in [-0.15, -0.1) is 0 Å². The second-order valence-electron chi connectivity index (χ2n) is 3.90. The van der Waals surface area contributed by atoms with E-state index in [1.54, 1.807) is 0 Å². The van der Waals surface area contributed by atoms with E-state index in [0.717, 1.165) is 13.0 Å². The van der Waals surface area contributed by atoms with Crippen LogP contribution in [-0.4, -0.2) is 48.0 Å². The summed E-state index contributed by atoms with van der Waals surface area (Å²) in [5, 5.41) is 17.7. The van der Waals surface area contributed by atoms with Gasteiger partial charge in [0.15, 0.2) is 0 Å². The van der Waals surface area contributed by atoms with Gasteiger partial charge in [-0.2, -0.15) is 0 Å². The van der Waals surface area contributed by atoms with Gasteiger partial charge in [0.2, 0.25) is 0 Å². The third-order valence-corrected chi connectivity index (χ3v) is 2.73. The Morgan fingerprint density at radius 1 is 1.14 bits per heavy atom. The molecular weight excluding hydrogens is 178 g/mol. The highest BCUT2D eigenvalue weighted by Gasteiger charge is 2.13. The maximum atomic E-state index is 8.86. The first kappa shape index (κ1) is 11.7. The van der Waals surface area contributed by atoms with Crippen LogP contribution in [0.3, 0.4) is 0 Å². The van der Waals surface area contributed by atoms with Crippen LogP contribution in [0.5, 0.6) is 0 Å². The van der Waals surface area contributed by atoms with Crippen molar-refractivity contribution in [2.24, 2.45) is 5.92 Å². The fourth-order valence-corrected chi connectivity index (χ4v) is 1.96. The highest BCUT2D eigenvalue weighted by atomic mass is 16.3. The van der Waals surface area contributed by atoms with Crippen LogP contribution in [0, 0.1) is 5.92 Å². The van der Waals surface area contributed by atoms with Crippen LogP contribution in [0.2, 0.25) is 0 Å². The smallest absolute Gasteiger partial charge is 0.0558 e. The summed E-state index contributed by atoms with van der Waals surface area (Å²) in [6, 6.07) is 0. The van der Waals surface area contributed by atoms with E-state index in [1.165, 1.54) is 12.8 Å². The Kier molecular flexibility index (Phi) is 5.83. The topological polar surface area (TPSA) is 43.7 Å². The molecule has 0 heterocycles. The lowest BCUT2D eigenvalue weighted by Gasteiger charge is -2.26. The molecule has 0 aromatic carbocycles. The molecule has 0 unspecified atom stereocenters. The zero-order valence-electron chi connectivity index (χ0n) is 8.73. The molecule has 1 rings (SSSR count). The Balaban J connectivity index is 2.26. The van der Waals surface area contributed by atoms with Gasteiger partial charge in [-0.05, 0) is 25.2 Å². The third-order valence-electron chi connectivity index (χ3n) is 2.73. The molecule has 2 N–H and O–H groups in total. The Labute approximate surface area is 86.0 Å². The molecule has 0 aromatic heterocycles. The van der Waals surface area contributed by atoms with E-state index >= 15 is 0 Å². The van der Waals surface area contributed by atoms with Crippen LogP contribution in [0.25, 0.3) is 0 Å². The number of aliphatic hydroxyl groups is 2. The molecule has 0 amide bonds. The van der Waals surface area contributed by atoms with E-state index in [9.17, 15) is 0 Å². The Bertz CT molecular complexity index is 165. The molecule has 3 nitrogen and oxygen atoms in total. The molecule has 1 atom stereocenters. The summed E-state index contributed by atoms with van der Waals surface area (Å²) in [6.45, 7) is 2.73. The minimum absolute atomic E-state index is 0.183. The molecule has 1 aliphatic rings. The highest BCUT2D eigenvalue weighted by molar-refractivity contribution is 4.90. The van der Waals surface area contributed by atoms with Gasteiger partial charge in [0.05, 0.1) is 13.2 Å². The van der Waals surface area contributed by atoms with Crippen molar-refractivity contribution in [1.82, 2.24) is 4.90 Å². The largest absolute Gasteiger partial charge is 0.395 e. The number of allylic oxidation sites excluding steroid dienone is 2. The van der Waals surface area contributed by atoms with Crippen LogP contribution in [0.1, 0.15) is 19.3 Å². The molecule has 82 valence electrons. The number of aliphatic hydroxyl groups excluding tert-OH is 2. The molecule has 0 spiro atoms. The average molecular weight is 199 g/mol. The Morgan fingerprint density at radius 3 is 2.36 bits per heavy atom. The summed E-state index contributed by atoms with van der Waals surface area (Å²) in [7, 11) is 0. The summed E-state index contributed by atoms with van der Waals surface area (Å²) in [5.74, 6) is 0.707. The van der Waals surface area contributed by atoms with Crippen molar-refractivity contribution in [1.29, 1.82) is 0 Å². The minimum atomic E-state index is 0.183. The van der Waals surface area contributed by atoms with Gasteiger partial charge < -0.3 is 10.2 Å². The molecule has 0 bridgehead atoms. The van der Waals surface area contributed by atoms with Crippen LogP contribution in [-0.2, 0) is 0 Å². The van der Waals surface area contributed by atoms with Gasteiger partial charge >= 0.3 is 0 Å². The quantitative estimate of drug-likeness (QED) is 0.617. The van der Waals surface area contributed by atoms with Crippen molar-refractivity contribution in [2.45, 2.75) is 19.3 Å². The van der Waals surface area contributed by atoms with E-state index in [4.69, 9.17) is 10.2 Å². The van der Waals surface area contributed by atoms with E-state index in [2.05, 4.69) is 17.1 Å². The monoisotopic (exact) mass is 199 g/mol. The first-order valence-corrected chi connectivity index (χ1v) is 5.46. The van der Waals surface area contributed by atoms with Crippen molar-refractivity contribution < 1.29 is 10.2 Å².